The first-order valence-electron chi connectivity index (χ1n) is 3.61. The standard InChI is InChI=1S/C7H11NO.BrH/c9-7-5-8-3-1-6(7)2-4-8;/h6H,1-5H2;1H. The Morgan fingerprint density at radius 1 is 1.30 bits per heavy atom. The molecular formula is C7H12BrNO. The fourth-order valence-corrected chi connectivity index (χ4v) is 1.76. The van der Waals surface area contributed by atoms with Crippen LogP contribution in [-0.4, -0.2) is 30.3 Å². The van der Waals surface area contributed by atoms with Gasteiger partial charge in [0.05, 0.1) is 6.54 Å². The molecule has 3 aliphatic heterocycles. The van der Waals surface area contributed by atoms with Gasteiger partial charge < -0.3 is 0 Å². The lowest BCUT2D eigenvalue weighted by molar-refractivity contribution is -0.130. The van der Waals surface area contributed by atoms with Crippen LogP contribution in [0.15, 0.2) is 0 Å². The second-order valence-electron chi connectivity index (χ2n) is 3.02. The van der Waals surface area contributed by atoms with Crippen LogP contribution >= 0.6 is 17.0 Å². The van der Waals surface area contributed by atoms with Gasteiger partial charge >= 0.3 is 0 Å². The number of nitrogens with zero attached hydrogens (tertiary/aromatic N) is 1. The molecule has 0 radical (unpaired) electrons. The van der Waals surface area contributed by atoms with Gasteiger partial charge in [-0.2, -0.15) is 0 Å². The van der Waals surface area contributed by atoms with E-state index >= 15 is 0 Å². The Hall–Kier alpha value is 0.110. The third kappa shape index (κ3) is 1.25. The van der Waals surface area contributed by atoms with Crippen molar-refractivity contribution < 1.29 is 4.79 Å². The van der Waals surface area contributed by atoms with Gasteiger partial charge in [-0.3, -0.25) is 9.69 Å². The zero-order valence-corrected chi connectivity index (χ0v) is 7.59. The Bertz CT molecular complexity index is 141. The maximum atomic E-state index is 11.0. The number of Topliss-reactive ketones (excluding diaryl/α,β-unsaturated/α-hetero) is 1. The zero-order valence-electron chi connectivity index (χ0n) is 5.88. The molecule has 3 heteroatoms. The van der Waals surface area contributed by atoms with Crippen molar-refractivity contribution in [1.82, 2.24) is 4.90 Å². The first kappa shape index (κ1) is 8.21. The molecule has 0 amide bonds. The Morgan fingerprint density at radius 3 is 2.10 bits per heavy atom. The molecule has 0 atom stereocenters. The SMILES string of the molecule is Br.O=C1CN2CCC1CC2. The van der Waals surface area contributed by atoms with Crippen molar-refractivity contribution in [3.63, 3.8) is 0 Å². The predicted octanol–water partition coefficient (Wildman–Crippen LogP) is 0.859. The molecule has 58 valence electrons. The number of carbonyl (C=O) groups excluding carboxylic acids is 1. The van der Waals surface area contributed by atoms with Gasteiger partial charge in [-0.15, -0.1) is 17.0 Å². The topological polar surface area (TPSA) is 20.3 Å². The van der Waals surface area contributed by atoms with Crippen molar-refractivity contribution in [2.45, 2.75) is 12.8 Å². The van der Waals surface area contributed by atoms with E-state index in [1.807, 2.05) is 0 Å². The predicted molar refractivity (Wildman–Crippen MR) is 44.5 cm³/mol. The number of hydrogen-bond acceptors (Lipinski definition) is 2. The molecule has 0 N–H and O–H groups in total. The van der Waals surface area contributed by atoms with Crippen molar-refractivity contribution in [1.29, 1.82) is 0 Å². The molecule has 3 rings (SSSR count). The van der Waals surface area contributed by atoms with E-state index in [9.17, 15) is 4.79 Å². The van der Waals surface area contributed by atoms with Gasteiger partial charge in [0.1, 0.15) is 5.78 Å². The lowest BCUT2D eigenvalue weighted by atomic mass is 9.87. The molecule has 0 aliphatic carbocycles. The molecular weight excluding hydrogens is 194 g/mol. The third-order valence-corrected chi connectivity index (χ3v) is 2.42. The highest BCUT2D eigenvalue weighted by Crippen LogP contribution is 2.23. The van der Waals surface area contributed by atoms with Gasteiger partial charge in [0.15, 0.2) is 0 Å². The Morgan fingerprint density at radius 2 is 1.90 bits per heavy atom. The summed E-state index contributed by atoms with van der Waals surface area (Å²) in [6.07, 6.45) is 2.25. The number of rotatable bonds is 0. The summed E-state index contributed by atoms with van der Waals surface area (Å²) in [6, 6.07) is 0. The first-order chi connectivity index (χ1) is 4.36. The molecule has 2 bridgehead atoms. The quantitative estimate of drug-likeness (QED) is 0.585. The minimum absolute atomic E-state index is 0. The minimum atomic E-state index is 0. The monoisotopic (exact) mass is 205 g/mol. The van der Waals surface area contributed by atoms with E-state index in [0.717, 1.165) is 32.5 Å². The van der Waals surface area contributed by atoms with Gasteiger partial charge in [0, 0.05) is 5.92 Å². The van der Waals surface area contributed by atoms with Crippen LogP contribution in [0.2, 0.25) is 0 Å². The molecule has 10 heavy (non-hydrogen) atoms. The molecule has 3 fully saturated rings. The molecule has 0 spiro atoms. The highest BCUT2D eigenvalue weighted by Gasteiger charge is 2.31. The first-order valence-corrected chi connectivity index (χ1v) is 3.61. The van der Waals surface area contributed by atoms with E-state index in [4.69, 9.17) is 0 Å². The van der Waals surface area contributed by atoms with E-state index in [2.05, 4.69) is 4.90 Å². The van der Waals surface area contributed by atoms with E-state index in [0.29, 0.717) is 11.7 Å². The van der Waals surface area contributed by atoms with Crippen LogP contribution in [-0.2, 0) is 4.79 Å². The van der Waals surface area contributed by atoms with Crippen molar-refractivity contribution in [2.24, 2.45) is 5.92 Å². The highest BCUT2D eigenvalue weighted by atomic mass is 79.9. The molecule has 0 aromatic rings. The number of hydrogen-bond donors (Lipinski definition) is 0. The van der Waals surface area contributed by atoms with Crippen LogP contribution in [0.3, 0.4) is 0 Å². The molecule has 0 aromatic heterocycles. The van der Waals surface area contributed by atoms with Gasteiger partial charge in [0.25, 0.3) is 0 Å². The van der Waals surface area contributed by atoms with Gasteiger partial charge in [-0.05, 0) is 25.9 Å². The molecule has 0 saturated carbocycles. The summed E-state index contributed by atoms with van der Waals surface area (Å²) < 4.78 is 0. The maximum Gasteiger partial charge on any atom is 0.149 e. The number of halogens is 1. The average Bonchev–Trinajstić information content (AvgIpc) is 1.90. The van der Waals surface area contributed by atoms with E-state index in [1.54, 1.807) is 0 Å². The fourth-order valence-electron chi connectivity index (χ4n) is 1.76. The lowest BCUT2D eigenvalue weighted by Crippen LogP contribution is -2.47. The lowest BCUT2D eigenvalue weighted by Gasteiger charge is -2.37. The van der Waals surface area contributed by atoms with Crippen LogP contribution < -0.4 is 0 Å². The number of ketones is 1. The third-order valence-electron chi connectivity index (χ3n) is 2.42. The molecule has 3 aliphatic rings. The normalized spacial score (nSPS) is 37.4. The van der Waals surface area contributed by atoms with Crippen LogP contribution in [0.1, 0.15) is 12.8 Å². The smallest absolute Gasteiger partial charge is 0.149 e. The summed E-state index contributed by atoms with van der Waals surface area (Å²) in [5, 5.41) is 0. The number of fused-ring (bicyclic) bond motifs is 3. The van der Waals surface area contributed by atoms with Gasteiger partial charge in [-0.1, -0.05) is 0 Å². The van der Waals surface area contributed by atoms with Crippen LogP contribution in [0.5, 0.6) is 0 Å². The summed E-state index contributed by atoms with van der Waals surface area (Å²) >= 11 is 0. The summed E-state index contributed by atoms with van der Waals surface area (Å²) in [4.78, 5) is 13.3. The Balaban J connectivity index is 0.000000500. The largest absolute Gasteiger partial charge is 0.298 e. The van der Waals surface area contributed by atoms with E-state index < -0.39 is 0 Å². The van der Waals surface area contributed by atoms with Crippen LogP contribution in [0, 0.1) is 5.92 Å². The summed E-state index contributed by atoms with van der Waals surface area (Å²) in [5.41, 5.74) is 0. The summed E-state index contributed by atoms with van der Waals surface area (Å²) in [7, 11) is 0. The summed E-state index contributed by atoms with van der Waals surface area (Å²) in [6.45, 7) is 3.07. The second-order valence-corrected chi connectivity index (χ2v) is 3.02. The Labute approximate surface area is 71.4 Å². The molecule has 0 unspecified atom stereocenters. The average molecular weight is 206 g/mol. The summed E-state index contributed by atoms with van der Waals surface area (Å²) in [5.74, 6) is 0.919. The number of piperidine rings is 3. The second kappa shape index (κ2) is 3.01. The van der Waals surface area contributed by atoms with Crippen molar-refractivity contribution in [3.8, 4) is 0 Å². The van der Waals surface area contributed by atoms with Gasteiger partial charge in [-0.25, -0.2) is 0 Å². The van der Waals surface area contributed by atoms with Crippen molar-refractivity contribution >= 4 is 22.8 Å². The molecule has 2 nitrogen and oxygen atoms in total. The van der Waals surface area contributed by atoms with Crippen molar-refractivity contribution in [2.75, 3.05) is 19.6 Å². The molecule has 3 saturated heterocycles. The van der Waals surface area contributed by atoms with E-state index in [-0.39, 0.29) is 17.0 Å². The van der Waals surface area contributed by atoms with Crippen LogP contribution in [0.4, 0.5) is 0 Å². The maximum absolute atomic E-state index is 11.0. The Kier molecular flexibility index (Phi) is 2.47. The van der Waals surface area contributed by atoms with Crippen molar-refractivity contribution in [3.05, 3.63) is 0 Å². The highest BCUT2D eigenvalue weighted by molar-refractivity contribution is 8.93. The molecule has 3 heterocycles. The minimum Gasteiger partial charge on any atom is -0.298 e. The molecule has 0 aromatic carbocycles. The number of carbonyl (C=O) groups is 1. The zero-order chi connectivity index (χ0) is 6.27. The van der Waals surface area contributed by atoms with E-state index in [1.165, 1.54) is 0 Å². The fraction of sp³-hybridized carbons (Fsp3) is 0.857. The van der Waals surface area contributed by atoms with Gasteiger partial charge in [0.2, 0.25) is 0 Å². The van der Waals surface area contributed by atoms with Crippen LogP contribution in [0.25, 0.3) is 0 Å².